The van der Waals surface area contributed by atoms with Crippen molar-refractivity contribution in [1.29, 1.82) is 0 Å². The van der Waals surface area contributed by atoms with E-state index in [2.05, 4.69) is 0 Å². The molecule has 1 amide bonds. The van der Waals surface area contributed by atoms with Gasteiger partial charge in [-0.25, -0.2) is 0 Å². The number of aryl methyl sites for hydroxylation is 1. The van der Waals surface area contributed by atoms with Gasteiger partial charge in [0.15, 0.2) is 0 Å². The van der Waals surface area contributed by atoms with Crippen molar-refractivity contribution in [1.82, 2.24) is 4.90 Å². The Morgan fingerprint density at radius 3 is 2.35 bits per heavy atom. The molecule has 0 radical (unpaired) electrons. The first-order chi connectivity index (χ1) is 12.6. The van der Waals surface area contributed by atoms with Gasteiger partial charge in [0.05, 0.1) is 13.7 Å². The lowest BCUT2D eigenvalue weighted by Gasteiger charge is -2.19. The molecule has 3 aromatic rings. The fourth-order valence-corrected chi connectivity index (χ4v) is 2.95. The normalized spacial score (nSPS) is 10.6. The average molecular weight is 349 g/mol. The Kier molecular flexibility index (Phi) is 5.42. The molecule has 0 aliphatic heterocycles. The summed E-state index contributed by atoms with van der Waals surface area (Å²) >= 11 is 0. The predicted octanol–water partition coefficient (Wildman–Crippen LogP) is 4.31. The molecule has 0 aliphatic carbocycles. The van der Waals surface area contributed by atoms with E-state index < -0.39 is 0 Å². The number of nitrogens with zero attached hydrogens (tertiary/aromatic N) is 1. The molecule has 4 nitrogen and oxygen atoms in total. The Morgan fingerprint density at radius 2 is 1.62 bits per heavy atom. The number of hydrogen-bond donors (Lipinski definition) is 0. The maximum Gasteiger partial charge on any atom is 0.254 e. The highest BCUT2D eigenvalue weighted by Gasteiger charge is 2.16. The monoisotopic (exact) mass is 349 g/mol. The average Bonchev–Trinajstić information content (AvgIpc) is 2.68. The van der Waals surface area contributed by atoms with Gasteiger partial charge in [0.2, 0.25) is 0 Å². The van der Waals surface area contributed by atoms with Crippen molar-refractivity contribution in [3.63, 3.8) is 0 Å². The minimum absolute atomic E-state index is 0.0303. The van der Waals surface area contributed by atoms with Crippen LogP contribution in [0, 0.1) is 6.92 Å². The number of hydrogen-bond acceptors (Lipinski definition) is 3. The summed E-state index contributed by atoms with van der Waals surface area (Å²) in [7, 11) is 3.43. The SMILES string of the molecule is COc1ccc(C(=O)N(C)CCOc2ccccc2C)c2ccccc12. The molecular formula is C22H23NO3. The van der Waals surface area contributed by atoms with Crippen LogP contribution in [0.15, 0.2) is 60.7 Å². The first kappa shape index (κ1) is 17.8. The predicted molar refractivity (Wildman–Crippen MR) is 104 cm³/mol. The summed E-state index contributed by atoms with van der Waals surface area (Å²) in [5.74, 6) is 1.59. The van der Waals surface area contributed by atoms with Gasteiger partial charge in [-0.15, -0.1) is 0 Å². The van der Waals surface area contributed by atoms with Crippen LogP contribution in [-0.2, 0) is 0 Å². The lowest BCUT2D eigenvalue weighted by atomic mass is 10.0. The van der Waals surface area contributed by atoms with Crippen molar-refractivity contribution in [3.05, 3.63) is 71.8 Å². The van der Waals surface area contributed by atoms with Crippen LogP contribution in [0.5, 0.6) is 11.5 Å². The van der Waals surface area contributed by atoms with Crippen LogP contribution in [0.4, 0.5) is 0 Å². The number of ether oxygens (including phenoxy) is 2. The molecular weight excluding hydrogens is 326 g/mol. The van der Waals surface area contributed by atoms with E-state index in [1.165, 1.54) is 0 Å². The molecule has 0 heterocycles. The van der Waals surface area contributed by atoms with Crippen LogP contribution in [0.1, 0.15) is 15.9 Å². The van der Waals surface area contributed by atoms with E-state index in [9.17, 15) is 4.79 Å². The largest absolute Gasteiger partial charge is 0.496 e. The van der Waals surface area contributed by atoms with Gasteiger partial charge in [-0.1, -0.05) is 42.5 Å². The number of para-hydroxylation sites is 1. The third-order valence-electron chi connectivity index (χ3n) is 4.46. The number of likely N-dealkylation sites (N-methyl/N-ethyl adjacent to an activating group) is 1. The first-order valence-corrected chi connectivity index (χ1v) is 8.61. The number of fused-ring (bicyclic) bond motifs is 1. The highest BCUT2D eigenvalue weighted by molar-refractivity contribution is 6.08. The number of benzene rings is 3. The van der Waals surface area contributed by atoms with E-state index >= 15 is 0 Å². The minimum atomic E-state index is -0.0303. The molecule has 0 N–H and O–H groups in total. The van der Waals surface area contributed by atoms with Gasteiger partial charge in [0.1, 0.15) is 18.1 Å². The highest BCUT2D eigenvalue weighted by atomic mass is 16.5. The lowest BCUT2D eigenvalue weighted by Crippen LogP contribution is -2.31. The Hall–Kier alpha value is -3.01. The summed E-state index contributed by atoms with van der Waals surface area (Å²) < 4.78 is 11.2. The molecule has 3 aromatic carbocycles. The van der Waals surface area contributed by atoms with Crippen LogP contribution in [0.3, 0.4) is 0 Å². The van der Waals surface area contributed by atoms with Gasteiger partial charge in [-0.3, -0.25) is 4.79 Å². The third kappa shape index (κ3) is 3.64. The molecule has 0 fully saturated rings. The fourth-order valence-electron chi connectivity index (χ4n) is 2.95. The maximum atomic E-state index is 12.9. The van der Waals surface area contributed by atoms with Crippen LogP contribution in [0.25, 0.3) is 10.8 Å². The van der Waals surface area contributed by atoms with Crippen LogP contribution in [-0.4, -0.2) is 38.1 Å². The fraction of sp³-hybridized carbons (Fsp3) is 0.227. The summed E-state index contributed by atoms with van der Waals surface area (Å²) in [4.78, 5) is 14.6. The summed E-state index contributed by atoms with van der Waals surface area (Å²) in [6, 6.07) is 19.3. The Morgan fingerprint density at radius 1 is 0.923 bits per heavy atom. The zero-order chi connectivity index (χ0) is 18.5. The van der Waals surface area contributed by atoms with Crippen molar-refractivity contribution < 1.29 is 14.3 Å². The topological polar surface area (TPSA) is 38.8 Å². The van der Waals surface area contributed by atoms with E-state index in [1.807, 2.05) is 67.6 Å². The second-order valence-electron chi connectivity index (χ2n) is 6.20. The number of amides is 1. The number of carbonyl (C=O) groups excluding carboxylic acids is 1. The summed E-state index contributed by atoms with van der Waals surface area (Å²) in [5.41, 5.74) is 1.75. The molecule has 4 heteroatoms. The van der Waals surface area contributed by atoms with Gasteiger partial charge in [0, 0.05) is 18.0 Å². The van der Waals surface area contributed by atoms with E-state index in [-0.39, 0.29) is 5.91 Å². The molecule has 134 valence electrons. The van der Waals surface area contributed by atoms with Gasteiger partial charge in [-0.05, 0) is 36.1 Å². The number of rotatable bonds is 6. The maximum absolute atomic E-state index is 12.9. The van der Waals surface area contributed by atoms with E-state index in [0.717, 1.165) is 27.8 Å². The Bertz CT molecular complexity index is 920. The molecule has 0 aromatic heterocycles. The minimum Gasteiger partial charge on any atom is -0.496 e. The van der Waals surface area contributed by atoms with E-state index in [0.29, 0.717) is 18.7 Å². The molecule has 0 unspecified atom stereocenters. The molecule has 3 rings (SSSR count). The molecule has 0 saturated carbocycles. The molecule has 0 atom stereocenters. The van der Waals surface area contributed by atoms with Crippen LogP contribution < -0.4 is 9.47 Å². The molecule has 0 aliphatic rings. The number of carbonyl (C=O) groups is 1. The molecule has 0 bridgehead atoms. The third-order valence-corrected chi connectivity index (χ3v) is 4.46. The van der Waals surface area contributed by atoms with Crippen molar-refractivity contribution >= 4 is 16.7 Å². The highest BCUT2D eigenvalue weighted by Crippen LogP contribution is 2.28. The second-order valence-corrected chi connectivity index (χ2v) is 6.20. The van der Waals surface area contributed by atoms with Crippen molar-refractivity contribution in [3.8, 4) is 11.5 Å². The summed E-state index contributed by atoms with van der Waals surface area (Å²) in [5, 5.41) is 1.83. The summed E-state index contributed by atoms with van der Waals surface area (Å²) in [6.07, 6.45) is 0. The van der Waals surface area contributed by atoms with Gasteiger partial charge < -0.3 is 14.4 Å². The smallest absolute Gasteiger partial charge is 0.254 e. The first-order valence-electron chi connectivity index (χ1n) is 8.61. The zero-order valence-electron chi connectivity index (χ0n) is 15.4. The van der Waals surface area contributed by atoms with E-state index in [1.54, 1.807) is 19.1 Å². The van der Waals surface area contributed by atoms with Crippen molar-refractivity contribution in [2.24, 2.45) is 0 Å². The summed E-state index contributed by atoms with van der Waals surface area (Å²) in [6.45, 7) is 2.96. The van der Waals surface area contributed by atoms with Crippen molar-refractivity contribution in [2.75, 3.05) is 27.3 Å². The Balaban J connectivity index is 1.73. The van der Waals surface area contributed by atoms with Crippen LogP contribution in [0.2, 0.25) is 0 Å². The van der Waals surface area contributed by atoms with Crippen LogP contribution >= 0.6 is 0 Å². The van der Waals surface area contributed by atoms with Gasteiger partial charge in [0.25, 0.3) is 5.91 Å². The molecule has 0 saturated heterocycles. The molecule has 26 heavy (non-hydrogen) atoms. The van der Waals surface area contributed by atoms with Gasteiger partial charge in [-0.2, -0.15) is 0 Å². The van der Waals surface area contributed by atoms with E-state index in [4.69, 9.17) is 9.47 Å². The molecule has 0 spiro atoms. The number of methoxy groups -OCH3 is 1. The Labute approximate surface area is 154 Å². The lowest BCUT2D eigenvalue weighted by molar-refractivity contribution is 0.0775. The van der Waals surface area contributed by atoms with Crippen molar-refractivity contribution in [2.45, 2.75) is 6.92 Å². The quantitative estimate of drug-likeness (QED) is 0.666. The zero-order valence-corrected chi connectivity index (χ0v) is 15.4. The van der Waals surface area contributed by atoms with Gasteiger partial charge >= 0.3 is 0 Å². The standard InChI is InChI=1S/C22H23NO3/c1-16-8-4-7-11-20(16)26-15-14-23(2)22(24)19-12-13-21(25-3)18-10-6-5-9-17(18)19/h4-13H,14-15H2,1-3H3. The second kappa shape index (κ2) is 7.91.